The molecular formula is C18H20N4O2. The van der Waals surface area contributed by atoms with Crippen LogP contribution in [0.15, 0.2) is 42.5 Å². The first kappa shape index (κ1) is 16.1. The Kier molecular flexibility index (Phi) is 4.57. The Bertz CT molecular complexity index is 893. The molecule has 2 aromatic carbocycles. The third kappa shape index (κ3) is 3.14. The molecule has 0 radical (unpaired) electrons. The Balaban J connectivity index is 2.12. The number of pyridine rings is 1. The number of anilines is 1. The molecule has 0 aliphatic heterocycles. The molecular weight excluding hydrogens is 304 g/mol. The Morgan fingerprint density at radius 2 is 1.88 bits per heavy atom. The van der Waals surface area contributed by atoms with Crippen LogP contribution in [0, 0.1) is 10.1 Å². The van der Waals surface area contributed by atoms with Crippen LogP contribution < -0.4 is 5.32 Å². The second-order valence-electron chi connectivity index (χ2n) is 6.02. The largest absolute Gasteiger partial charge is 0.384 e. The number of benzene rings is 2. The standard InChI is InChI=1S/C18H20N4O2/c1-21(2)12-6-11-19-17-13-7-3-4-9-15(13)20-18-14(17)8-5-10-16(18)22(23)24/h3-5,7-10H,6,11-12H2,1-2H3,(H,19,20). The first-order chi connectivity index (χ1) is 11.6. The molecule has 24 heavy (non-hydrogen) atoms. The smallest absolute Gasteiger partial charge is 0.295 e. The molecule has 124 valence electrons. The maximum atomic E-state index is 11.3. The quantitative estimate of drug-likeness (QED) is 0.324. The number of aromatic nitrogens is 1. The monoisotopic (exact) mass is 324 g/mol. The molecule has 1 aromatic heterocycles. The van der Waals surface area contributed by atoms with E-state index in [1.807, 2.05) is 44.4 Å². The predicted octanol–water partition coefficient (Wildman–Crippen LogP) is 3.66. The van der Waals surface area contributed by atoms with Crippen LogP contribution in [0.2, 0.25) is 0 Å². The van der Waals surface area contributed by atoms with E-state index in [0.717, 1.165) is 41.5 Å². The summed E-state index contributed by atoms with van der Waals surface area (Å²) in [4.78, 5) is 17.6. The number of non-ortho nitro benzene ring substituents is 1. The van der Waals surface area contributed by atoms with Crippen molar-refractivity contribution in [2.45, 2.75) is 6.42 Å². The first-order valence-electron chi connectivity index (χ1n) is 7.92. The van der Waals surface area contributed by atoms with E-state index in [9.17, 15) is 10.1 Å². The summed E-state index contributed by atoms with van der Waals surface area (Å²) in [5.41, 5.74) is 2.14. The zero-order valence-electron chi connectivity index (χ0n) is 13.8. The molecule has 0 fully saturated rings. The number of nitro groups is 1. The van der Waals surface area contributed by atoms with E-state index >= 15 is 0 Å². The molecule has 1 N–H and O–H groups in total. The van der Waals surface area contributed by atoms with E-state index in [1.165, 1.54) is 6.07 Å². The number of nitro benzene ring substituents is 1. The van der Waals surface area contributed by atoms with Crippen molar-refractivity contribution in [2.24, 2.45) is 0 Å². The second-order valence-corrected chi connectivity index (χ2v) is 6.02. The molecule has 0 atom stereocenters. The van der Waals surface area contributed by atoms with Crippen LogP contribution in [-0.4, -0.2) is 42.0 Å². The van der Waals surface area contributed by atoms with Crippen LogP contribution in [0.4, 0.5) is 11.4 Å². The molecule has 0 spiro atoms. The van der Waals surface area contributed by atoms with Gasteiger partial charge in [-0.05, 0) is 33.1 Å². The van der Waals surface area contributed by atoms with Crippen molar-refractivity contribution in [3.63, 3.8) is 0 Å². The van der Waals surface area contributed by atoms with Crippen LogP contribution in [0.3, 0.4) is 0 Å². The van der Waals surface area contributed by atoms with Gasteiger partial charge in [0.15, 0.2) is 5.52 Å². The molecule has 1 heterocycles. The summed E-state index contributed by atoms with van der Waals surface area (Å²) >= 11 is 0. The van der Waals surface area contributed by atoms with E-state index in [-0.39, 0.29) is 10.6 Å². The van der Waals surface area contributed by atoms with E-state index < -0.39 is 0 Å². The highest BCUT2D eigenvalue weighted by atomic mass is 16.6. The van der Waals surface area contributed by atoms with Crippen molar-refractivity contribution in [1.29, 1.82) is 0 Å². The third-order valence-corrected chi connectivity index (χ3v) is 3.97. The SMILES string of the molecule is CN(C)CCCNc1c2ccccc2nc2c([N+](=O)[O-])cccc12. The molecule has 0 bridgehead atoms. The third-order valence-electron chi connectivity index (χ3n) is 3.97. The van der Waals surface area contributed by atoms with Gasteiger partial charge in [-0.2, -0.15) is 0 Å². The van der Waals surface area contributed by atoms with Crippen molar-refractivity contribution in [3.05, 3.63) is 52.6 Å². The summed E-state index contributed by atoms with van der Waals surface area (Å²) in [6, 6.07) is 12.8. The van der Waals surface area contributed by atoms with Crippen molar-refractivity contribution in [2.75, 3.05) is 32.5 Å². The van der Waals surface area contributed by atoms with Gasteiger partial charge in [0.2, 0.25) is 0 Å². The van der Waals surface area contributed by atoms with Crippen molar-refractivity contribution >= 4 is 33.2 Å². The van der Waals surface area contributed by atoms with Gasteiger partial charge in [0.05, 0.1) is 16.1 Å². The molecule has 3 aromatic rings. The number of hydrogen-bond acceptors (Lipinski definition) is 5. The Labute approximate surface area is 140 Å². The van der Waals surface area contributed by atoms with Crippen LogP contribution in [0.1, 0.15) is 6.42 Å². The number of rotatable bonds is 6. The van der Waals surface area contributed by atoms with Gasteiger partial charge in [-0.1, -0.05) is 30.3 Å². The Morgan fingerprint density at radius 1 is 1.12 bits per heavy atom. The highest BCUT2D eigenvalue weighted by molar-refractivity contribution is 6.09. The van der Waals surface area contributed by atoms with Crippen molar-refractivity contribution in [1.82, 2.24) is 9.88 Å². The van der Waals surface area contributed by atoms with Crippen LogP contribution >= 0.6 is 0 Å². The summed E-state index contributed by atoms with van der Waals surface area (Å²) in [5, 5.41) is 16.6. The van der Waals surface area contributed by atoms with E-state index in [1.54, 1.807) is 6.07 Å². The minimum Gasteiger partial charge on any atom is -0.384 e. The molecule has 0 saturated carbocycles. The normalized spacial score (nSPS) is 11.3. The number of nitrogens with one attached hydrogen (secondary N) is 1. The zero-order chi connectivity index (χ0) is 17.1. The van der Waals surface area contributed by atoms with Crippen molar-refractivity contribution < 1.29 is 4.92 Å². The number of hydrogen-bond donors (Lipinski definition) is 1. The van der Waals surface area contributed by atoms with Gasteiger partial charge >= 0.3 is 0 Å². The molecule has 0 aliphatic rings. The number of para-hydroxylation sites is 2. The average molecular weight is 324 g/mol. The van der Waals surface area contributed by atoms with Gasteiger partial charge in [-0.3, -0.25) is 10.1 Å². The molecule has 0 aliphatic carbocycles. The average Bonchev–Trinajstić information content (AvgIpc) is 2.56. The van der Waals surface area contributed by atoms with Gasteiger partial charge in [0, 0.05) is 23.4 Å². The van der Waals surface area contributed by atoms with Crippen LogP contribution in [0.25, 0.3) is 21.8 Å². The Morgan fingerprint density at radius 3 is 2.62 bits per heavy atom. The van der Waals surface area contributed by atoms with E-state index in [2.05, 4.69) is 15.2 Å². The van der Waals surface area contributed by atoms with Gasteiger partial charge in [-0.25, -0.2) is 4.98 Å². The number of fused-ring (bicyclic) bond motifs is 2. The summed E-state index contributed by atoms with van der Waals surface area (Å²) in [5.74, 6) is 0. The topological polar surface area (TPSA) is 71.3 Å². The molecule has 3 rings (SSSR count). The highest BCUT2D eigenvalue weighted by Gasteiger charge is 2.17. The minimum absolute atomic E-state index is 0.0367. The maximum absolute atomic E-state index is 11.3. The first-order valence-corrected chi connectivity index (χ1v) is 7.92. The lowest BCUT2D eigenvalue weighted by Gasteiger charge is -2.14. The lowest BCUT2D eigenvalue weighted by molar-refractivity contribution is -0.383. The zero-order valence-corrected chi connectivity index (χ0v) is 13.8. The van der Waals surface area contributed by atoms with Crippen LogP contribution in [0.5, 0.6) is 0 Å². The molecule has 6 nitrogen and oxygen atoms in total. The Hall–Kier alpha value is -2.73. The highest BCUT2D eigenvalue weighted by Crippen LogP contribution is 2.34. The lowest BCUT2D eigenvalue weighted by Crippen LogP contribution is -2.16. The molecule has 0 saturated heterocycles. The minimum atomic E-state index is -0.375. The van der Waals surface area contributed by atoms with Gasteiger partial charge < -0.3 is 10.2 Å². The van der Waals surface area contributed by atoms with Crippen molar-refractivity contribution in [3.8, 4) is 0 Å². The summed E-state index contributed by atoms with van der Waals surface area (Å²) < 4.78 is 0. The summed E-state index contributed by atoms with van der Waals surface area (Å²) in [6.07, 6.45) is 0.986. The summed E-state index contributed by atoms with van der Waals surface area (Å²) in [7, 11) is 4.08. The second kappa shape index (κ2) is 6.80. The molecule has 0 amide bonds. The molecule has 6 heteroatoms. The van der Waals surface area contributed by atoms with E-state index in [4.69, 9.17) is 0 Å². The fourth-order valence-electron chi connectivity index (χ4n) is 2.85. The maximum Gasteiger partial charge on any atom is 0.295 e. The van der Waals surface area contributed by atoms with Gasteiger partial charge in [0.25, 0.3) is 5.69 Å². The fourth-order valence-corrected chi connectivity index (χ4v) is 2.85. The predicted molar refractivity (Wildman–Crippen MR) is 97.6 cm³/mol. The van der Waals surface area contributed by atoms with E-state index in [0.29, 0.717) is 5.52 Å². The van der Waals surface area contributed by atoms with Crippen LogP contribution in [-0.2, 0) is 0 Å². The van der Waals surface area contributed by atoms with Gasteiger partial charge in [0.1, 0.15) is 0 Å². The fraction of sp³-hybridized carbons (Fsp3) is 0.278. The van der Waals surface area contributed by atoms with Gasteiger partial charge in [-0.15, -0.1) is 0 Å². The summed E-state index contributed by atoms with van der Waals surface area (Å²) in [6.45, 7) is 1.78. The lowest BCUT2D eigenvalue weighted by atomic mass is 10.1. The number of nitrogens with zero attached hydrogens (tertiary/aromatic N) is 3. The molecule has 0 unspecified atom stereocenters.